The predicted octanol–water partition coefficient (Wildman–Crippen LogP) is 3.37. The van der Waals surface area contributed by atoms with Gasteiger partial charge in [0.1, 0.15) is 11.5 Å². The number of ether oxygens (including phenoxy) is 1. The van der Waals surface area contributed by atoms with Crippen LogP contribution in [0.3, 0.4) is 0 Å². The molecule has 0 atom stereocenters. The van der Waals surface area contributed by atoms with Gasteiger partial charge in [-0.05, 0) is 48.1 Å². The van der Waals surface area contributed by atoms with Crippen LogP contribution in [0.1, 0.15) is 46.1 Å². The Labute approximate surface area is 175 Å². The minimum absolute atomic E-state index is 0.0291. The summed E-state index contributed by atoms with van der Waals surface area (Å²) < 4.78 is 19.5. The molecule has 1 saturated heterocycles. The van der Waals surface area contributed by atoms with Gasteiger partial charge in [0.25, 0.3) is 5.91 Å². The Balaban J connectivity index is 1.47. The zero-order chi connectivity index (χ0) is 21.1. The summed E-state index contributed by atoms with van der Waals surface area (Å²) in [7, 11) is 1.66. The number of carbonyl (C=O) groups is 1. The van der Waals surface area contributed by atoms with Crippen LogP contribution < -0.4 is 5.73 Å². The molecule has 7 heteroatoms. The first-order valence-electron chi connectivity index (χ1n) is 10.3. The van der Waals surface area contributed by atoms with Crippen molar-refractivity contribution in [1.82, 2.24) is 14.9 Å². The summed E-state index contributed by atoms with van der Waals surface area (Å²) in [6.45, 7) is 2.17. The lowest BCUT2D eigenvalue weighted by atomic mass is 9.88. The number of nitrogens with zero attached hydrogens (tertiary/aromatic N) is 2. The number of aromatic nitrogens is 2. The normalized spacial score (nSPS) is 15.1. The fourth-order valence-corrected chi connectivity index (χ4v) is 4.22. The highest BCUT2D eigenvalue weighted by molar-refractivity contribution is 5.98. The molecule has 1 aliphatic rings. The van der Waals surface area contributed by atoms with Crippen LogP contribution in [0.5, 0.6) is 0 Å². The smallest absolute Gasteiger partial charge is 0.270 e. The van der Waals surface area contributed by atoms with Gasteiger partial charge in [0, 0.05) is 50.3 Å². The Morgan fingerprint density at radius 1 is 1.30 bits per heavy atom. The molecule has 1 aliphatic heterocycles. The lowest BCUT2D eigenvalue weighted by molar-refractivity contribution is 0.0707. The Hall–Kier alpha value is -2.77. The van der Waals surface area contributed by atoms with Crippen molar-refractivity contribution in [3.8, 4) is 0 Å². The fourth-order valence-electron chi connectivity index (χ4n) is 4.22. The number of pyridine rings is 1. The molecule has 0 aliphatic carbocycles. The zero-order valence-corrected chi connectivity index (χ0v) is 17.2. The third-order valence-electron chi connectivity index (χ3n) is 5.92. The highest BCUT2D eigenvalue weighted by Gasteiger charge is 2.27. The van der Waals surface area contributed by atoms with Gasteiger partial charge in [-0.2, -0.15) is 0 Å². The topological polar surface area (TPSA) is 84.2 Å². The van der Waals surface area contributed by atoms with Crippen molar-refractivity contribution in [2.24, 2.45) is 5.73 Å². The first-order chi connectivity index (χ1) is 14.6. The molecule has 3 aromatic rings. The summed E-state index contributed by atoms with van der Waals surface area (Å²) in [5.74, 6) is -0.115. The third-order valence-corrected chi connectivity index (χ3v) is 5.92. The van der Waals surface area contributed by atoms with Gasteiger partial charge in [-0.1, -0.05) is 12.1 Å². The van der Waals surface area contributed by atoms with E-state index in [-0.39, 0.29) is 17.6 Å². The van der Waals surface area contributed by atoms with Crippen molar-refractivity contribution >= 4 is 16.8 Å². The van der Waals surface area contributed by atoms with Crippen LogP contribution in [0.15, 0.2) is 36.5 Å². The average Bonchev–Trinajstić information content (AvgIpc) is 3.22. The Morgan fingerprint density at radius 3 is 2.83 bits per heavy atom. The zero-order valence-electron chi connectivity index (χ0n) is 17.2. The molecule has 2 aromatic heterocycles. The summed E-state index contributed by atoms with van der Waals surface area (Å²) in [4.78, 5) is 22.6. The summed E-state index contributed by atoms with van der Waals surface area (Å²) in [5, 5.41) is 0.952. The number of nitrogens with two attached hydrogens (primary N) is 1. The number of piperidine rings is 1. The van der Waals surface area contributed by atoms with Crippen LogP contribution in [0.2, 0.25) is 0 Å². The molecular weight excluding hydrogens is 383 g/mol. The number of methoxy groups -OCH3 is 1. The standard InChI is InChI=1S/C23H27FN4O2/c1-30-11-7-20-18-13-22(27-21(18)4-8-26-20)23(29)28-9-5-16(6-10-28)17-12-15(14-25)2-3-19(17)24/h2-4,8,12-13,16,27H,5-7,9-11,14,25H2,1H3. The number of hydrogen-bond acceptors (Lipinski definition) is 4. The number of H-pyrrole nitrogens is 1. The number of likely N-dealkylation sites (tertiary alicyclic amines) is 1. The van der Waals surface area contributed by atoms with Gasteiger partial charge in [-0.15, -0.1) is 0 Å². The minimum atomic E-state index is -0.191. The number of benzene rings is 1. The lowest BCUT2D eigenvalue weighted by Gasteiger charge is -2.32. The van der Waals surface area contributed by atoms with Gasteiger partial charge in [-0.3, -0.25) is 9.78 Å². The number of halogens is 1. The number of carbonyl (C=O) groups excluding carboxylic acids is 1. The van der Waals surface area contributed by atoms with Crippen LogP contribution in [-0.4, -0.2) is 47.6 Å². The molecule has 30 heavy (non-hydrogen) atoms. The number of nitrogens with one attached hydrogen (secondary N) is 1. The molecule has 1 aromatic carbocycles. The van der Waals surface area contributed by atoms with E-state index in [2.05, 4.69) is 9.97 Å². The first kappa shape index (κ1) is 20.5. The van der Waals surface area contributed by atoms with Crippen LogP contribution >= 0.6 is 0 Å². The summed E-state index contributed by atoms with van der Waals surface area (Å²) >= 11 is 0. The van der Waals surface area contributed by atoms with Gasteiger partial charge in [0.2, 0.25) is 0 Å². The highest BCUT2D eigenvalue weighted by atomic mass is 19.1. The molecule has 3 N–H and O–H groups in total. The van der Waals surface area contributed by atoms with Crippen LogP contribution in [0.4, 0.5) is 4.39 Å². The number of aromatic amines is 1. The van der Waals surface area contributed by atoms with Crippen LogP contribution in [0, 0.1) is 5.82 Å². The second-order valence-corrected chi connectivity index (χ2v) is 7.77. The minimum Gasteiger partial charge on any atom is -0.384 e. The average molecular weight is 410 g/mol. The molecule has 0 radical (unpaired) electrons. The molecule has 0 unspecified atom stereocenters. The molecular formula is C23H27FN4O2. The molecule has 0 saturated carbocycles. The monoisotopic (exact) mass is 410 g/mol. The predicted molar refractivity (Wildman–Crippen MR) is 114 cm³/mol. The molecule has 158 valence electrons. The van der Waals surface area contributed by atoms with E-state index in [0.29, 0.717) is 43.9 Å². The van der Waals surface area contributed by atoms with Crippen molar-refractivity contribution in [3.63, 3.8) is 0 Å². The van der Waals surface area contributed by atoms with Crippen molar-refractivity contribution in [2.75, 3.05) is 26.8 Å². The van der Waals surface area contributed by atoms with Crippen molar-refractivity contribution in [3.05, 3.63) is 64.9 Å². The molecule has 4 rings (SSSR count). The first-order valence-corrected chi connectivity index (χ1v) is 10.3. The lowest BCUT2D eigenvalue weighted by Crippen LogP contribution is -2.38. The molecule has 6 nitrogen and oxygen atoms in total. The van der Waals surface area contributed by atoms with Gasteiger partial charge >= 0.3 is 0 Å². The highest BCUT2D eigenvalue weighted by Crippen LogP contribution is 2.31. The molecule has 0 bridgehead atoms. The maximum atomic E-state index is 14.3. The van der Waals surface area contributed by atoms with E-state index >= 15 is 0 Å². The van der Waals surface area contributed by atoms with E-state index in [1.54, 1.807) is 19.4 Å². The number of rotatable bonds is 6. The Bertz CT molecular complexity index is 1040. The molecule has 0 spiro atoms. The number of fused-ring (bicyclic) bond motifs is 1. The van der Waals surface area contributed by atoms with Crippen LogP contribution in [-0.2, 0) is 17.7 Å². The third kappa shape index (κ3) is 4.08. The quantitative estimate of drug-likeness (QED) is 0.653. The number of hydrogen-bond donors (Lipinski definition) is 2. The van der Waals surface area contributed by atoms with E-state index in [1.165, 1.54) is 6.07 Å². The molecule has 3 heterocycles. The van der Waals surface area contributed by atoms with Crippen molar-refractivity contribution < 1.29 is 13.9 Å². The second-order valence-electron chi connectivity index (χ2n) is 7.77. The van der Waals surface area contributed by atoms with E-state index < -0.39 is 0 Å². The summed E-state index contributed by atoms with van der Waals surface area (Å²) in [6, 6.07) is 8.84. The number of amides is 1. The van der Waals surface area contributed by atoms with Crippen molar-refractivity contribution in [2.45, 2.75) is 31.7 Å². The van der Waals surface area contributed by atoms with Gasteiger partial charge in [0.05, 0.1) is 12.3 Å². The van der Waals surface area contributed by atoms with E-state index in [0.717, 1.165) is 35.0 Å². The maximum Gasteiger partial charge on any atom is 0.270 e. The second kappa shape index (κ2) is 8.93. The van der Waals surface area contributed by atoms with E-state index in [4.69, 9.17) is 10.5 Å². The Kier molecular flexibility index (Phi) is 6.11. The summed E-state index contributed by atoms with van der Waals surface area (Å²) in [6.07, 6.45) is 3.90. The van der Waals surface area contributed by atoms with Crippen LogP contribution in [0.25, 0.3) is 10.9 Å². The van der Waals surface area contributed by atoms with Gasteiger partial charge < -0.3 is 20.4 Å². The van der Waals surface area contributed by atoms with Crippen molar-refractivity contribution in [1.29, 1.82) is 0 Å². The van der Waals surface area contributed by atoms with Gasteiger partial charge in [-0.25, -0.2) is 4.39 Å². The Morgan fingerprint density at radius 2 is 2.10 bits per heavy atom. The SMILES string of the molecule is COCCc1nccc2[nH]c(C(=O)N3CCC(c4cc(CN)ccc4F)CC3)cc12. The maximum absolute atomic E-state index is 14.3. The van der Waals surface area contributed by atoms with E-state index in [1.807, 2.05) is 23.1 Å². The van der Waals surface area contributed by atoms with E-state index in [9.17, 15) is 9.18 Å². The summed E-state index contributed by atoms with van der Waals surface area (Å²) in [5.41, 5.74) is 9.72. The molecule has 1 fully saturated rings. The largest absolute Gasteiger partial charge is 0.384 e. The van der Waals surface area contributed by atoms with Gasteiger partial charge in [0.15, 0.2) is 0 Å². The fraction of sp³-hybridized carbons (Fsp3) is 0.391. The molecule has 1 amide bonds.